The zero-order chi connectivity index (χ0) is 13.3. The van der Waals surface area contributed by atoms with Gasteiger partial charge in [-0.15, -0.1) is 0 Å². The number of hydrogen-bond acceptors (Lipinski definition) is 3. The minimum Gasteiger partial charge on any atom is -0.326 e. The highest BCUT2D eigenvalue weighted by Gasteiger charge is 2.09. The van der Waals surface area contributed by atoms with Crippen molar-refractivity contribution in [2.75, 3.05) is 0 Å². The molecule has 2 N–H and O–H groups in total. The van der Waals surface area contributed by atoms with Crippen molar-refractivity contribution in [3.05, 3.63) is 46.5 Å². The Morgan fingerprint density at radius 1 is 1.06 bits per heavy atom. The van der Waals surface area contributed by atoms with Crippen LogP contribution in [0.25, 0.3) is 11.4 Å². The molecule has 1 heterocycles. The second kappa shape index (κ2) is 4.82. The Bertz CT molecular complexity index is 550. The molecule has 0 unspecified atom stereocenters. The Balaban J connectivity index is 2.58. The minimum absolute atomic E-state index is 0.271. The fourth-order valence-corrected chi connectivity index (χ4v) is 2.03. The normalized spacial score (nSPS) is 10.7. The average Bonchev–Trinajstić information content (AvgIpc) is 2.27. The molecule has 0 fully saturated rings. The minimum atomic E-state index is -0.271. The number of rotatable bonds is 2. The third-order valence-corrected chi connectivity index (χ3v) is 2.93. The fourth-order valence-electron chi connectivity index (χ4n) is 2.03. The van der Waals surface area contributed by atoms with E-state index in [1.165, 1.54) is 12.1 Å². The maximum atomic E-state index is 13.4. The second-order valence-corrected chi connectivity index (χ2v) is 4.42. The Morgan fingerprint density at radius 2 is 1.67 bits per heavy atom. The van der Waals surface area contributed by atoms with Gasteiger partial charge in [-0.1, -0.05) is 0 Å². The lowest BCUT2D eigenvalue weighted by atomic mass is 10.1. The molecule has 0 aliphatic rings. The van der Waals surface area contributed by atoms with Gasteiger partial charge in [0.05, 0.1) is 0 Å². The van der Waals surface area contributed by atoms with Gasteiger partial charge in [-0.2, -0.15) is 0 Å². The number of nitrogens with zero attached hydrogens (tertiary/aromatic N) is 2. The third kappa shape index (κ3) is 2.38. The monoisotopic (exact) mass is 245 g/mol. The molecule has 0 spiro atoms. The van der Waals surface area contributed by atoms with Gasteiger partial charge in [-0.25, -0.2) is 14.4 Å². The number of halogens is 1. The maximum absolute atomic E-state index is 13.4. The van der Waals surface area contributed by atoms with Crippen LogP contribution in [0.4, 0.5) is 4.39 Å². The van der Waals surface area contributed by atoms with E-state index in [-0.39, 0.29) is 5.82 Å². The first kappa shape index (κ1) is 12.6. The van der Waals surface area contributed by atoms with Crippen molar-refractivity contribution >= 4 is 0 Å². The number of nitrogens with two attached hydrogens (primary N) is 1. The van der Waals surface area contributed by atoms with Crippen molar-refractivity contribution < 1.29 is 4.39 Å². The van der Waals surface area contributed by atoms with Gasteiger partial charge >= 0.3 is 0 Å². The number of aryl methyl sites for hydroxylation is 3. The highest BCUT2D eigenvalue weighted by atomic mass is 19.1. The van der Waals surface area contributed by atoms with E-state index in [1.807, 2.05) is 26.8 Å². The average molecular weight is 245 g/mol. The van der Waals surface area contributed by atoms with E-state index in [0.717, 1.165) is 22.5 Å². The molecule has 0 saturated heterocycles. The van der Waals surface area contributed by atoms with Crippen LogP contribution in [0.3, 0.4) is 0 Å². The quantitative estimate of drug-likeness (QED) is 0.885. The maximum Gasteiger partial charge on any atom is 0.159 e. The molecule has 1 aromatic heterocycles. The second-order valence-electron chi connectivity index (χ2n) is 4.42. The van der Waals surface area contributed by atoms with Crippen LogP contribution >= 0.6 is 0 Å². The van der Waals surface area contributed by atoms with E-state index in [9.17, 15) is 4.39 Å². The lowest BCUT2D eigenvalue weighted by Gasteiger charge is -2.09. The molecule has 0 radical (unpaired) electrons. The molecular formula is C14H16FN3. The molecule has 0 amide bonds. The SMILES string of the molecule is Cc1cc(F)cc(-c2nc(C)c(CN)c(C)n2)c1. The molecule has 18 heavy (non-hydrogen) atoms. The van der Waals surface area contributed by atoms with E-state index in [2.05, 4.69) is 9.97 Å². The van der Waals surface area contributed by atoms with Gasteiger partial charge in [0, 0.05) is 29.1 Å². The van der Waals surface area contributed by atoms with E-state index in [1.54, 1.807) is 0 Å². The summed E-state index contributed by atoms with van der Waals surface area (Å²) in [5.41, 5.74) is 9.85. The lowest BCUT2D eigenvalue weighted by molar-refractivity contribution is 0.627. The van der Waals surface area contributed by atoms with Crippen molar-refractivity contribution in [2.24, 2.45) is 5.73 Å². The molecule has 2 rings (SSSR count). The van der Waals surface area contributed by atoms with E-state index >= 15 is 0 Å². The number of hydrogen-bond donors (Lipinski definition) is 1. The Kier molecular flexibility index (Phi) is 3.39. The summed E-state index contributed by atoms with van der Waals surface area (Å²) >= 11 is 0. The topological polar surface area (TPSA) is 51.8 Å². The summed E-state index contributed by atoms with van der Waals surface area (Å²) in [5, 5.41) is 0. The number of benzene rings is 1. The summed E-state index contributed by atoms with van der Waals surface area (Å²) in [6, 6.07) is 4.81. The summed E-state index contributed by atoms with van der Waals surface area (Å²) in [4.78, 5) is 8.80. The van der Waals surface area contributed by atoms with Crippen LogP contribution in [-0.2, 0) is 6.54 Å². The highest BCUT2D eigenvalue weighted by molar-refractivity contribution is 5.57. The van der Waals surface area contributed by atoms with Crippen LogP contribution in [0.1, 0.15) is 22.5 Å². The number of aromatic nitrogens is 2. The molecule has 0 aliphatic heterocycles. The van der Waals surface area contributed by atoms with E-state index in [0.29, 0.717) is 17.9 Å². The predicted molar refractivity (Wildman–Crippen MR) is 69.5 cm³/mol. The predicted octanol–water partition coefficient (Wildman–Crippen LogP) is 2.67. The van der Waals surface area contributed by atoms with E-state index < -0.39 is 0 Å². The fraction of sp³-hybridized carbons (Fsp3) is 0.286. The molecule has 0 atom stereocenters. The van der Waals surface area contributed by atoms with Crippen molar-refractivity contribution in [3.63, 3.8) is 0 Å². The van der Waals surface area contributed by atoms with Gasteiger partial charge in [0.2, 0.25) is 0 Å². The smallest absolute Gasteiger partial charge is 0.159 e. The molecule has 0 bridgehead atoms. The summed E-state index contributed by atoms with van der Waals surface area (Å²) in [6.45, 7) is 6.06. The van der Waals surface area contributed by atoms with Crippen LogP contribution < -0.4 is 5.73 Å². The summed E-state index contributed by atoms with van der Waals surface area (Å²) in [5.74, 6) is 0.275. The highest BCUT2D eigenvalue weighted by Crippen LogP contribution is 2.21. The molecule has 0 aliphatic carbocycles. The zero-order valence-corrected chi connectivity index (χ0v) is 10.8. The largest absolute Gasteiger partial charge is 0.326 e. The Hall–Kier alpha value is -1.81. The van der Waals surface area contributed by atoms with Gasteiger partial charge in [0.25, 0.3) is 0 Å². The van der Waals surface area contributed by atoms with Crippen molar-refractivity contribution in [1.82, 2.24) is 9.97 Å². The van der Waals surface area contributed by atoms with Gasteiger partial charge in [-0.3, -0.25) is 0 Å². The van der Waals surface area contributed by atoms with Crippen molar-refractivity contribution in [3.8, 4) is 11.4 Å². The molecule has 2 aromatic rings. The molecular weight excluding hydrogens is 229 g/mol. The van der Waals surface area contributed by atoms with Gasteiger partial charge < -0.3 is 5.73 Å². The van der Waals surface area contributed by atoms with Crippen LogP contribution in [0.15, 0.2) is 18.2 Å². The summed E-state index contributed by atoms with van der Waals surface area (Å²) in [7, 11) is 0. The first-order chi connectivity index (χ1) is 8.51. The Labute approximate surface area is 106 Å². The van der Waals surface area contributed by atoms with Gasteiger partial charge in [0.1, 0.15) is 5.82 Å². The van der Waals surface area contributed by atoms with Crippen molar-refractivity contribution in [1.29, 1.82) is 0 Å². The zero-order valence-electron chi connectivity index (χ0n) is 10.8. The molecule has 0 saturated carbocycles. The van der Waals surface area contributed by atoms with Crippen LogP contribution in [-0.4, -0.2) is 9.97 Å². The van der Waals surface area contributed by atoms with Crippen LogP contribution in [0.5, 0.6) is 0 Å². The summed E-state index contributed by atoms with van der Waals surface area (Å²) < 4.78 is 13.4. The van der Waals surface area contributed by atoms with Gasteiger partial charge in [-0.05, 0) is 44.5 Å². The molecule has 4 heteroatoms. The van der Waals surface area contributed by atoms with Crippen LogP contribution in [0, 0.1) is 26.6 Å². The first-order valence-electron chi connectivity index (χ1n) is 5.83. The van der Waals surface area contributed by atoms with Crippen molar-refractivity contribution in [2.45, 2.75) is 27.3 Å². The first-order valence-corrected chi connectivity index (χ1v) is 5.83. The molecule has 1 aromatic carbocycles. The lowest BCUT2D eigenvalue weighted by Crippen LogP contribution is -2.07. The van der Waals surface area contributed by atoms with E-state index in [4.69, 9.17) is 5.73 Å². The van der Waals surface area contributed by atoms with Crippen LogP contribution in [0.2, 0.25) is 0 Å². The molecule has 94 valence electrons. The standard InChI is InChI=1S/C14H16FN3/c1-8-4-11(6-12(15)5-8)14-17-9(2)13(7-16)10(3)18-14/h4-6H,7,16H2,1-3H3. The third-order valence-electron chi connectivity index (χ3n) is 2.93. The Morgan fingerprint density at radius 3 is 2.17 bits per heavy atom. The van der Waals surface area contributed by atoms with Gasteiger partial charge in [0.15, 0.2) is 5.82 Å². The summed E-state index contributed by atoms with van der Waals surface area (Å²) in [6.07, 6.45) is 0. The molecule has 3 nitrogen and oxygen atoms in total.